The van der Waals surface area contributed by atoms with Crippen molar-refractivity contribution in [2.24, 2.45) is 11.3 Å². The molecule has 1 aliphatic carbocycles. The molecular formula is C13H22F2O2. The number of rotatable bonds is 6. The molecule has 0 spiro atoms. The predicted octanol–water partition coefficient (Wildman–Crippen LogP) is 4.09. The van der Waals surface area contributed by atoms with Gasteiger partial charge in [0.05, 0.1) is 5.41 Å². The highest BCUT2D eigenvalue weighted by Crippen LogP contribution is 2.44. The van der Waals surface area contributed by atoms with Crippen LogP contribution in [-0.4, -0.2) is 17.5 Å². The third-order valence-corrected chi connectivity index (χ3v) is 4.03. The lowest BCUT2D eigenvalue weighted by atomic mass is 9.68. The molecule has 0 bridgehead atoms. The fourth-order valence-corrected chi connectivity index (χ4v) is 2.81. The van der Waals surface area contributed by atoms with E-state index in [9.17, 15) is 13.6 Å². The van der Waals surface area contributed by atoms with Gasteiger partial charge in [-0.3, -0.25) is 4.79 Å². The van der Waals surface area contributed by atoms with Gasteiger partial charge in [0, 0.05) is 6.42 Å². The van der Waals surface area contributed by atoms with Gasteiger partial charge in [-0.1, -0.05) is 26.2 Å². The second kappa shape index (κ2) is 6.31. The first-order valence-electron chi connectivity index (χ1n) is 6.51. The average molecular weight is 248 g/mol. The van der Waals surface area contributed by atoms with Crippen molar-refractivity contribution in [3.8, 4) is 0 Å². The fourth-order valence-electron chi connectivity index (χ4n) is 2.81. The maximum atomic E-state index is 12.5. The van der Waals surface area contributed by atoms with Crippen LogP contribution in [0.4, 0.5) is 8.78 Å². The highest BCUT2D eigenvalue weighted by Gasteiger charge is 2.43. The maximum absolute atomic E-state index is 12.5. The largest absolute Gasteiger partial charge is 0.481 e. The molecule has 1 fully saturated rings. The Bertz CT molecular complexity index is 246. The Kier molecular flexibility index (Phi) is 5.34. The summed E-state index contributed by atoms with van der Waals surface area (Å²) < 4.78 is 24.9. The van der Waals surface area contributed by atoms with Crippen LogP contribution in [0.2, 0.25) is 0 Å². The van der Waals surface area contributed by atoms with Crippen LogP contribution in [0.1, 0.15) is 58.3 Å². The van der Waals surface area contributed by atoms with Crippen molar-refractivity contribution >= 4 is 5.97 Å². The molecule has 4 heteroatoms. The molecule has 0 heterocycles. The van der Waals surface area contributed by atoms with Gasteiger partial charge in [0.15, 0.2) is 0 Å². The molecule has 0 aromatic heterocycles. The van der Waals surface area contributed by atoms with Gasteiger partial charge < -0.3 is 5.11 Å². The van der Waals surface area contributed by atoms with Gasteiger partial charge in [-0.15, -0.1) is 0 Å². The summed E-state index contributed by atoms with van der Waals surface area (Å²) in [5.74, 6) is -0.494. The zero-order chi connectivity index (χ0) is 12.9. The number of aliphatic carboxylic acids is 1. The van der Waals surface area contributed by atoms with E-state index >= 15 is 0 Å². The zero-order valence-corrected chi connectivity index (χ0v) is 10.4. The second-order valence-electron chi connectivity index (χ2n) is 5.27. The van der Waals surface area contributed by atoms with E-state index in [1.165, 1.54) is 0 Å². The third kappa shape index (κ3) is 3.93. The van der Waals surface area contributed by atoms with Crippen LogP contribution in [0, 0.1) is 11.3 Å². The number of carboxylic acids is 1. The van der Waals surface area contributed by atoms with Crippen molar-refractivity contribution in [3.05, 3.63) is 0 Å². The summed E-state index contributed by atoms with van der Waals surface area (Å²) in [6, 6.07) is 0. The van der Waals surface area contributed by atoms with E-state index in [1.807, 2.05) is 0 Å². The van der Waals surface area contributed by atoms with E-state index in [2.05, 4.69) is 6.92 Å². The van der Waals surface area contributed by atoms with E-state index in [-0.39, 0.29) is 0 Å². The van der Waals surface area contributed by atoms with Crippen LogP contribution in [0.25, 0.3) is 0 Å². The van der Waals surface area contributed by atoms with Crippen molar-refractivity contribution in [2.45, 2.75) is 64.7 Å². The minimum atomic E-state index is -2.52. The monoisotopic (exact) mass is 248 g/mol. The Morgan fingerprint density at radius 3 is 2.41 bits per heavy atom. The summed E-state index contributed by atoms with van der Waals surface area (Å²) in [5.41, 5.74) is -1.16. The van der Waals surface area contributed by atoms with Crippen molar-refractivity contribution in [2.75, 3.05) is 0 Å². The number of alkyl halides is 2. The fraction of sp³-hybridized carbons (Fsp3) is 0.923. The lowest BCUT2D eigenvalue weighted by Crippen LogP contribution is -2.37. The minimum Gasteiger partial charge on any atom is -0.481 e. The molecule has 0 radical (unpaired) electrons. The molecule has 17 heavy (non-hydrogen) atoms. The zero-order valence-electron chi connectivity index (χ0n) is 10.4. The van der Waals surface area contributed by atoms with Crippen LogP contribution in [0.15, 0.2) is 0 Å². The van der Waals surface area contributed by atoms with Crippen molar-refractivity contribution < 1.29 is 18.7 Å². The van der Waals surface area contributed by atoms with Crippen LogP contribution in [0.5, 0.6) is 0 Å². The van der Waals surface area contributed by atoms with Gasteiger partial charge in [-0.25, -0.2) is 8.78 Å². The SMILES string of the molecule is CCCCC1CCC(CC(F)F)(C(=O)O)CC1. The van der Waals surface area contributed by atoms with Crippen molar-refractivity contribution in [1.82, 2.24) is 0 Å². The quantitative estimate of drug-likeness (QED) is 0.768. The van der Waals surface area contributed by atoms with Gasteiger partial charge >= 0.3 is 5.97 Å². The molecule has 100 valence electrons. The molecule has 0 aromatic rings. The highest BCUT2D eigenvalue weighted by atomic mass is 19.3. The van der Waals surface area contributed by atoms with Crippen LogP contribution >= 0.6 is 0 Å². The van der Waals surface area contributed by atoms with Gasteiger partial charge in [0.1, 0.15) is 0 Å². The Hall–Kier alpha value is -0.670. The molecule has 1 saturated carbocycles. The Morgan fingerprint density at radius 2 is 2.00 bits per heavy atom. The summed E-state index contributed by atoms with van der Waals surface area (Å²) in [5, 5.41) is 9.17. The number of hydrogen-bond acceptors (Lipinski definition) is 1. The summed E-state index contributed by atoms with van der Waals surface area (Å²) in [4.78, 5) is 11.2. The van der Waals surface area contributed by atoms with E-state index in [0.717, 1.165) is 32.1 Å². The second-order valence-corrected chi connectivity index (χ2v) is 5.27. The standard InChI is InChI=1S/C13H22F2O2/c1-2-3-4-10-5-7-13(8-6-10,12(16)17)9-11(14)15/h10-11H,2-9H2,1H3,(H,16,17). The van der Waals surface area contributed by atoms with Crippen LogP contribution in [0.3, 0.4) is 0 Å². The van der Waals surface area contributed by atoms with E-state index < -0.39 is 24.2 Å². The van der Waals surface area contributed by atoms with E-state index in [4.69, 9.17) is 5.11 Å². The smallest absolute Gasteiger partial charge is 0.309 e. The van der Waals surface area contributed by atoms with Crippen LogP contribution < -0.4 is 0 Å². The lowest BCUT2D eigenvalue weighted by Gasteiger charge is -2.36. The number of halogens is 2. The molecule has 1 aliphatic rings. The summed E-state index contributed by atoms with van der Waals surface area (Å²) in [6.07, 6.45) is 2.82. The first-order chi connectivity index (χ1) is 8.00. The molecule has 1 rings (SSSR count). The third-order valence-electron chi connectivity index (χ3n) is 4.03. The number of carboxylic acid groups (broad SMARTS) is 1. The van der Waals surface area contributed by atoms with Gasteiger partial charge in [-0.05, 0) is 31.6 Å². The summed E-state index contributed by atoms with van der Waals surface area (Å²) in [6.45, 7) is 2.13. The lowest BCUT2D eigenvalue weighted by molar-refractivity contribution is -0.154. The minimum absolute atomic E-state index is 0.418. The predicted molar refractivity (Wildman–Crippen MR) is 62.2 cm³/mol. The normalized spacial score (nSPS) is 29.5. The van der Waals surface area contributed by atoms with E-state index in [0.29, 0.717) is 18.8 Å². The molecule has 0 atom stereocenters. The summed E-state index contributed by atoms with van der Waals surface area (Å²) in [7, 11) is 0. The Balaban J connectivity index is 2.52. The number of unbranched alkanes of at least 4 members (excludes halogenated alkanes) is 1. The van der Waals surface area contributed by atoms with Gasteiger partial charge in [0.2, 0.25) is 6.43 Å². The average Bonchev–Trinajstić information content (AvgIpc) is 2.27. The Morgan fingerprint density at radius 1 is 1.41 bits per heavy atom. The molecule has 1 N–H and O–H groups in total. The van der Waals surface area contributed by atoms with Crippen LogP contribution in [-0.2, 0) is 4.79 Å². The first kappa shape index (κ1) is 14.4. The van der Waals surface area contributed by atoms with Crippen molar-refractivity contribution in [1.29, 1.82) is 0 Å². The first-order valence-corrected chi connectivity index (χ1v) is 6.51. The van der Waals surface area contributed by atoms with E-state index in [1.54, 1.807) is 0 Å². The molecule has 0 saturated heterocycles. The van der Waals surface area contributed by atoms with Gasteiger partial charge in [0.25, 0.3) is 0 Å². The molecule has 0 unspecified atom stereocenters. The highest BCUT2D eigenvalue weighted by molar-refractivity contribution is 5.74. The number of hydrogen-bond donors (Lipinski definition) is 1. The number of carbonyl (C=O) groups is 1. The molecular weight excluding hydrogens is 226 g/mol. The topological polar surface area (TPSA) is 37.3 Å². The Labute approximate surface area is 101 Å². The molecule has 0 aromatic carbocycles. The van der Waals surface area contributed by atoms with Gasteiger partial charge in [-0.2, -0.15) is 0 Å². The molecule has 0 aliphatic heterocycles. The molecule has 0 amide bonds. The summed E-state index contributed by atoms with van der Waals surface area (Å²) >= 11 is 0. The molecule has 2 nitrogen and oxygen atoms in total. The van der Waals surface area contributed by atoms with Crippen molar-refractivity contribution in [3.63, 3.8) is 0 Å². The maximum Gasteiger partial charge on any atom is 0.309 e.